The molecule has 0 aromatic carbocycles. The van der Waals surface area contributed by atoms with Gasteiger partial charge in [0.25, 0.3) is 0 Å². The Kier molecular flexibility index (Phi) is 2.97. The van der Waals surface area contributed by atoms with Crippen molar-refractivity contribution in [2.45, 2.75) is 24.9 Å². The van der Waals surface area contributed by atoms with E-state index in [1.54, 1.807) is 6.07 Å². The van der Waals surface area contributed by atoms with Crippen molar-refractivity contribution < 1.29 is 13.2 Å². The number of halogens is 3. The summed E-state index contributed by atoms with van der Waals surface area (Å²) in [5, 5.41) is 3.21. The maximum Gasteiger partial charge on any atom is 0.431 e. The van der Waals surface area contributed by atoms with Gasteiger partial charge in [-0.2, -0.15) is 13.2 Å². The van der Waals surface area contributed by atoms with Crippen molar-refractivity contribution in [1.29, 1.82) is 0 Å². The molecule has 6 heteroatoms. The van der Waals surface area contributed by atoms with Gasteiger partial charge < -0.3 is 5.32 Å². The molecule has 102 valence electrons. The number of imidazole rings is 1. The number of rotatable bonds is 1. The van der Waals surface area contributed by atoms with Crippen molar-refractivity contribution in [3.8, 4) is 0 Å². The number of nitrogens with zero attached hydrogens (tertiary/aromatic N) is 2. The van der Waals surface area contributed by atoms with Crippen LogP contribution in [0.4, 0.5) is 13.2 Å². The Morgan fingerprint density at radius 2 is 1.95 bits per heavy atom. The molecule has 1 fully saturated rings. The molecule has 0 radical (unpaired) electrons. The zero-order valence-electron chi connectivity index (χ0n) is 10.2. The van der Waals surface area contributed by atoms with Gasteiger partial charge in [0.1, 0.15) is 11.5 Å². The number of pyridine rings is 1. The Labute approximate surface area is 108 Å². The Morgan fingerprint density at radius 1 is 1.21 bits per heavy atom. The highest BCUT2D eigenvalue weighted by molar-refractivity contribution is 5.48. The molecule has 0 spiro atoms. The smallest absolute Gasteiger partial charge is 0.317 e. The fraction of sp³-hybridized carbons (Fsp3) is 0.462. The molecule has 0 amide bonds. The van der Waals surface area contributed by atoms with Crippen LogP contribution in [-0.2, 0) is 6.18 Å². The topological polar surface area (TPSA) is 29.3 Å². The van der Waals surface area contributed by atoms with Gasteiger partial charge in [0, 0.05) is 5.92 Å². The lowest BCUT2D eigenvalue weighted by molar-refractivity contribution is -0.142. The van der Waals surface area contributed by atoms with Crippen LogP contribution >= 0.6 is 0 Å². The summed E-state index contributed by atoms with van der Waals surface area (Å²) in [4.78, 5) is 4.23. The predicted molar refractivity (Wildman–Crippen MR) is 65.0 cm³/mol. The molecule has 0 unspecified atom stereocenters. The molecule has 19 heavy (non-hydrogen) atoms. The Bertz CT molecular complexity index is 582. The number of piperidine rings is 1. The van der Waals surface area contributed by atoms with Gasteiger partial charge in [-0.3, -0.25) is 4.40 Å². The van der Waals surface area contributed by atoms with Gasteiger partial charge >= 0.3 is 6.18 Å². The van der Waals surface area contributed by atoms with Crippen molar-refractivity contribution >= 4 is 5.52 Å². The second-order valence-electron chi connectivity index (χ2n) is 4.81. The molecule has 1 aliphatic heterocycles. The standard InChI is InChI=1S/C13H14F3N3/c14-13(15,16)11-3-1-2-10-8-18-12(19(10)11)9-4-6-17-7-5-9/h1-3,8-9,17H,4-7H2. The van der Waals surface area contributed by atoms with Crippen LogP contribution in [0.25, 0.3) is 5.52 Å². The van der Waals surface area contributed by atoms with Crippen LogP contribution < -0.4 is 5.32 Å². The van der Waals surface area contributed by atoms with Crippen molar-refractivity contribution in [2.75, 3.05) is 13.1 Å². The van der Waals surface area contributed by atoms with E-state index in [9.17, 15) is 13.2 Å². The number of nitrogens with one attached hydrogen (secondary N) is 1. The summed E-state index contributed by atoms with van der Waals surface area (Å²) in [5.74, 6) is 0.622. The van der Waals surface area contributed by atoms with E-state index >= 15 is 0 Å². The Morgan fingerprint density at radius 3 is 2.63 bits per heavy atom. The summed E-state index contributed by atoms with van der Waals surface area (Å²) in [7, 11) is 0. The van der Waals surface area contributed by atoms with Crippen molar-refractivity contribution in [1.82, 2.24) is 14.7 Å². The first-order valence-corrected chi connectivity index (χ1v) is 6.31. The summed E-state index contributed by atoms with van der Waals surface area (Å²) in [6, 6.07) is 4.19. The van der Waals surface area contributed by atoms with Gasteiger partial charge in [0.05, 0.1) is 11.7 Å². The molecule has 2 aromatic rings. The summed E-state index contributed by atoms with van der Waals surface area (Å²) in [6.07, 6.45) is -1.19. The highest BCUT2D eigenvalue weighted by Crippen LogP contribution is 2.33. The lowest BCUT2D eigenvalue weighted by Crippen LogP contribution is -2.28. The highest BCUT2D eigenvalue weighted by atomic mass is 19.4. The molecule has 2 aromatic heterocycles. The number of hydrogen-bond donors (Lipinski definition) is 1. The number of hydrogen-bond acceptors (Lipinski definition) is 2. The number of alkyl halides is 3. The van der Waals surface area contributed by atoms with Gasteiger partial charge in [0.15, 0.2) is 0 Å². The third kappa shape index (κ3) is 2.20. The Hall–Kier alpha value is -1.56. The zero-order chi connectivity index (χ0) is 13.5. The minimum atomic E-state index is -4.36. The third-order valence-corrected chi connectivity index (χ3v) is 3.57. The lowest BCUT2D eigenvalue weighted by atomic mass is 9.97. The largest absolute Gasteiger partial charge is 0.431 e. The second kappa shape index (κ2) is 4.52. The van der Waals surface area contributed by atoms with E-state index in [2.05, 4.69) is 10.3 Å². The molecular formula is C13H14F3N3. The highest BCUT2D eigenvalue weighted by Gasteiger charge is 2.35. The van der Waals surface area contributed by atoms with Crippen molar-refractivity contribution in [3.63, 3.8) is 0 Å². The van der Waals surface area contributed by atoms with E-state index in [1.807, 2.05) is 0 Å². The maximum absolute atomic E-state index is 13.1. The molecular weight excluding hydrogens is 255 g/mol. The Balaban J connectivity index is 2.15. The molecule has 0 saturated carbocycles. The molecule has 3 rings (SSSR count). The summed E-state index contributed by atoms with van der Waals surface area (Å²) in [5.41, 5.74) is -0.139. The van der Waals surface area contributed by atoms with Gasteiger partial charge in [-0.05, 0) is 38.1 Å². The average Bonchev–Trinajstić information content (AvgIpc) is 2.82. The van der Waals surface area contributed by atoms with E-state index in [1.165, 1.54) is 16.7 Å². The minimum Gasteiger partial charge on any atom is -0.317 e. The molecule has 1 saturated heterocycles. The minimum absolute atomic E-state index is 0.0900. The molecule has 1 aliphatic rings. The SMILES string of the molecule is FC(F)(F)c1cccc2cnc(C3CCNCC3)n12. The number of aromatic nitrogens is 2. The summed E-state index contributed by atoms with van der Waals surface area (Å²) < 4.78 is 40.5. The average molecular weight is 269 g/mol. The molecule has 3 nitrogen and oxygen atoms in total. The van der Waals surface area contributed by atoms with Gasteiger partial charge in [-0.25, -0.2) is 4.98 Å². The van der Waals surface area contributed by atoms with Crippen LogP contribution in [0.15, 0.2) is 24.4 Å². The normalized spacial score (nSPS) is 18.1. The van der Waals surface area contributed by atoms with Gasteiger partial charge in [-0.1, -0.05) is 6.07 Å². The van der Waals surface area contributed by atoms with E-state index in [4.69, 9.17) is 0 Å². The van der Waals surface area contributed by atoms with E-state index in [-0.39, 0.29) is 5.92 Å². The second-order valence-corrected chi connectivity index (χ2v) is 4.81. The van der Waals surface area contributed by atoms with Crippen LogP contribution in [-0.4, -0.2) is 22.5 Å². The zero-order valence-corrected chi connectivity index (χ0v) is 10.2. The van der Waals surface area contributed by atoms with E-state index in [0.29, 0.717) is 11.3 Å². The first-order chi connectivity index (χ1) is 9.07. The lowest BCUT2D eigenvalue weighted by Gasteiger charge is -2.22. The maximum atomic E-state index is 13.1. The van der Waals surface area contributed by atoms with E-state index < -0.39 is 11.9 Å². The van der Waals surface area contributed by atoms with Crippen LogP contribution in [0.5, 0.6) is 0 Å². The van der Waals surface area contributed by atoms with Crippen LogP contribution in [0, 0.1) is 0 Å². The molecule has 0 bridgehead atoms. The molecule has 0 aliphatic carbocycles. The molecule has 1 N–H and O–H groups in total. The summed E-state index contributed by atoms with van der Waals surface area (Å²) in [6.45, 7) is 1.65. The third-order valence-electron chi connectivity index (χ3n) is 3.57. The molecule has 3 heterocycles. The van der Waals surface area contributed by atoms with E-state index in [0.717, 1.165) is 32.0 Å². The fourth-order valence-electron chi connectivity index (χ4n) is 2.66. The van der Waals surface area contributed by atoms with Gasteiger partial charge in [-0.15, -0.1) is 0 Å². The van der Waals surface area contributed by atoms with Crippen molar-refractivity contribution in [3.05, 3.63) is 35.9 Å². The molecule has 0 atom stereocenters. The van der Waals surface area contributed by atoms with Crippen LogP contribution in [0.1, 0.15) is 30.3 Å². The van der Waals surface area contributed by atoms with Crippen LogP contribution in [0.3, 0.4) is 0 Å². The number of fused-ring (bicyclic) bond motifs is 1. The first-order valence-electron chi connectivity index (χ1n) is 6.31. The summed E-state index contributed by atoms with van der Waals surface area (Å²) >= 11 is 0. The first kappa shape index (κ1) is 12.5. The quantitative estimate of drug-likeness (QED) is 0.862. The monoisotopic (exact) mass is 269 g/mol. The van der Waals surface area contributed by atoms with Crippen molar-refractivity contribution in [2.24, 2.45) is 0 Å². The van der Waals surface area contributed by atoms with Crippen LogP contribution in [0.2, 0.25) is 0 Å². The predicted octanol–water partition coefficient (Wildman–Crippen LogP) is 2.82. The fourth-order valence-corrected chi connectivity index (χ4v) is 2.66. The van der Waals surface area contributed by atoms with Gasteiger partial charge in [0.2, 0.25) is 0 Å².